The van der Waals surface area contributed by atoms with Gasteiger partial charge in [0.15, 0.2) is 0 Å². The molecule has 0 saturated carbocycles. The Balaban J connectivity index is 2.00. The van der Waals surface area contributed by atoms with Crippen molar-refractivity contribution in [2.24, 2.45) is 12.9 Å². The number of rotatable bonds is 3. The monoisotopic (exact) mass is 245 g/mol. The zero-order chi connectivity index (χ0) is 12.5. The molecule has 1 aromatic heterocycles. The van der Waals surface area contributed by atoms with Gasteiger partial charge in [-0.05, 0) is 23.3 Å². The molecule has 1 unspecified atom stereocenters. The van der Waals surface area contributed by atoms with Gasteiger partial charge in [0.2, 0.25) is 0 Å². The Morgan fingerprint density at radius 3 is 3.11 bits per heavy atom. The van der Waals surface area contributed by atoms with Crippen molar-refractivity contribution in [1.82, 2.24) is 20.4 Å². The van der Waals surface area contributed by atoms with Crippen LogP contribution in [-0.4, -0.2) is 21.6 Å². The quantitative estimate of drug-likeness (QED) is 0.601. The second-order valence-corrected chi connectivity index (χ2v) is 4.35. The van der Waals surface area contributed by atoms with Gasteiger partial charge < -0.3 is 4.74 Å². The van der Waals surface area contributed by atoms with E-state index in [4.69, 9.17) is 10.6 Å². The number of ether oxygens (including phenoxy) is 1. The Bertz CT molecular complexity index is 565. The van der Waals surface area contributed by atoms with Crippen molar-refractivity contribution in [2.45, 2.75) is 12.5 Å². The molecule has 0 saturated heterocycles. The molecule has 1 aliphatic rings. The fourth-order valence-corrected chi connectivity index (χ4v) is 2.30. The highest BCUT2D eigenvalue weighted by atomic mass is 16.5. The van der Waals surface area contributed by atoms with E-state index in [0.717, 1.165) is 30.0 Å². The maximum atomic E-state index is 5.66. The molecule has 94 valence electrons. The van der Waals surface area contributed by atoms with Gasteiger partial charge in [-0.15, -0.1) is 5.10 Å². The molecule has 18 heavy (non-hydrogen) atoms. The molecule has 1 atom stereocenters. The Hall–Kier alpha value is -1.92. The molecule has 1 aromatic carbocycles. The van der Waals surface area contributed by atoms with Crippen LogP contribution in [0.3, 0.4) is 0 Å². The minimum absolute atomic E-state index is 0.115. The third-order valence-electron chi connectivity index (χ3n) is 3.26. The lowest BCUT2D eigenvalue weighted by molar-refractivity contribution is 0.356. The van der Waals surface area contributed by atoms with Crippen LogP contribution >= 0.6 is 0 Å². The number of fused-ring (bicyclic) bond motifs is 1. The first-order valence-corrected chi connectivity index (χ1v) is 5.86. The fourth-order valence-electron chi connectivity index (χ4n) is 2.30. The molecule has 0 spiro atoms. The average molecular weight is 245 g/mol. The normalized spacial score (nSPS) is 15.2. The molecular formula is C12H15N5O. The Labute approximate surface area is 105 Å². The summed E-state index contributed by atoms with van der Waals surface area (Å²) in [5, 5.41) is 7.81. The molecule has 2 aromatic rings. The molecule has 6 nitrogen and oxygen atoms in total. The largest absolute Gasteiger partial charge is 0.493 e. The van der Waals surface area contributed by atoms with Gasteiger partial charge in [-0.2, -0.15) is 0 Å². The molecule has 0 aliphatic carbocycles. The van der Waals surface area contributed by atoms with Crippen molar-refractivity contribution >= 4 is 0 Å². The van der Waals surface area contributed by atoms with Crippen molar-refractivity contribution in [2.75, 3.05) is 6.61 Å². The molecule has 3 N–H and O–H groups in total. The number of nitrogens with zero attached hydrogens (tertiary/aromatic N) is 3. The highest BCUT2D eigenvalue weighted by Crippen LogP contribution is 2.29. The van der Waals surface area contributed by atoms with E-state index in [1.54, 1.807) is 10.9 Å². The molecule has 0 bridgehead atoms. The Morgan fingerprint density at radius 2 is 2.39 bits per heavy atom. The molecule has 0 radical (unpaired) electrons. The predicted molar refractivity (Wildman–Crippen MR) is 65.8 cm³/mol. The summed E-state index contributed by atoms with van der Waals surface area (Å²) in [6.45, 7) is 0.757. The van der Waals surface area contributed by atoms with Gasteiger partial charge >= 0.3 is 0 Å². The van der Waals surface area contributed by atoms with Crippen molar-refractivity contribution < 1.29 is 4.74 Å². The van der Waals surface area contributed by atoms with E-state index < -0.39 is 0 Å². The maximum absolute atomic E-state index is 5.66. The minimum Gasteiger partial charge on any atom is -0.493 e. The van der Waals surface area contributed by atoms with Crippen molar-refractivity contribution in [3.63, 3.8) is 0 Å². The van der Waals surface area contributed by atoms with Crippen molar-refractivity contribution in [3.8, 4) is 5.75 Å². The van der Waals surface area contributed by atoms with E-state index in [1.165, 1.54) is 5.56 Å². The molecule has 6 heteroatoms. The van der Waals surface area contributed by atoms with Crippen LogP contribution in [0.1, 0.15) is 22.9 Å². The summed E-state index contributed by atoms with van der Waals surface area (Å²) in [6.07, 6.45) is 2.67. The van der Waals surface area contributed by atoms with Gasteiger partial charge in [-0.3, -0.25) is 10.5 Å². The Kier molecular flexibility index (Phi) is 2.73. The van der Waals surface area contributed by atoms with Crippen LogP contribution in [0.25, 0.3) is 0 Å². The lowest BCUT2D eigenvalue weighted by atomic mass is 10.0. The highest BCUT2D eigenvalue weighted by Gasteiger charge is 2.19. The first-order chi connectivity index (χ1) is 8.79. The van der Waals surface area contributed by atoms with E-state index in [2.05, 4.69) is 21.8 Å². The van der Waals surface area contributed by atoms with Crippen LogP contribution in [0.2, 0.25) is 0 Å². The molecule has 2 heterocycles. The summed E-state index contributed by atoms with van der Waals surface area (Å²) < 4.78 is 7.22. The smallest absolute Gasteiger partial charge is 0.122 e. The fraction of sp³-hybridized carbons (Fsp3) is 0.333. The summed E-state index contributed by atoms with van der Waals surface area (Å²) in [4.78, 5) is 0. The average Bonchev–Trinajstić information content (AvgIpc) is 2.99. The molecular weight excluding hydrogens is 230 g/mol. The van der Waals surface area contributed by atoms with Crippen LogP contribution in [0.15, 0.2) is 24.4 Å². The van der Waals surface area contributed by atoms with Gasteiger partial charge in [0.25, 0.3) is 0 Å². The van der Waals surface area contributed by atoms with Crippen LogP contribution in [0, 0.1) is 0 Å². The predicted octanol–water partition coefficient (Wildman–Crippen LogP) is 0.303. The highest BCUT2D eigenvalue weighted by molar-refractivity contribution is 5.42. The number of hydrogen-bond acceptors (Lipinski definition) is 5. The number of nitrogens with two attached hydrogens (primary N) is 1. The zero-order valence-corrected chi connectivity index (χ0v) is 10.1. The van der Waals surface area contributed by atoms with E-state index in [-0.39, 0.29) is 6.04 Å². The second kappa shape index (κ2) is 4.40. The van der Waals surface area contributed by atoms with Crippen molar-refractivity contribution in [3.05, 3.63) is 41.2 Å². The third kappa shape index (κ3) is 1.75. The van der Waals surface area contributed by atoms with Crippen LogP contribution in [0.4, 0.5) is 0 Å². The standard InChI is InChI=1S/C12H15N5O/c1-17-10(7-14-16-17)12(15-13)9-2-3-11-8(6-9)4-5-18-11/h2-3,6-7,12,15H,4-5,13H2,1H3. The molecule has 0 fully saturated rings. The Morgan fingerprint density at radius 1 is 1.50 bits per heavy atom. The first-order valence-electron chi connectivity index (χ1n) is 5.86. The molecule has 0 amide bonds. The number of aromatic nitrogens is 3. The van der Waals surface area contributed by atoms with Gasteiger partial charge in [0.05, 0.1) is 24.5 Å². The SMILES string of the molecule is Cn1nncc1C(NN)c1ccc2c(c1)CCO2. The second-order valence-electron chi connectivity index (χ2n) is 4.35. The topological polar surface area (TPSA) is 78.0 Å². The number of nitrogens with one attached hydrogen (secondary N) is 1. The summed E-state index contributed by atoms with van der Waals surface area (Å²) in [7, 11) is 1.85. The number of hydrogen-bond donors (Lipinski definition) is 2. The van der Waals surface area contributed by atoms with Crippen LogP contribution in [0.5, 0.6) is 5.75 Å². The number of aryl methyl sites for hydroxylation is 1. The van der Waals surface area contributed by atoms with Gasteiger partial charge in [0.1, 0.15) is 5.75 Å². The van der Waals surface area contributed by atoms with E-state index in [1.807, 2.05) is 19.2 Å². The molecule has 3 rings (SSSR count). The first kappa shape index (κ1) is 11.2. The van der Waals surface area contributed by atoms with Gasteiger partial charge in [-0.1, -0.05) is 11.3 Å². The van der Waals surface area contributed by atoms with Crippen molar-refractivity contribution in [1.29, 1.82) is 0 Å². The van der Waals surface area contributed by atoms with E-state index in [0.29, 0.717) is 0 Å². The summed E-state index contributed by atoms with van der Waals surface area (Å²) in [6, 6.07) is 6.02. The van der Waals surface area contributed by atoms with Crippen LogP contribution < -0.4 is 16.0 Å². The number of benzene rings is 1. The lowest BCUT2D eigenvalue weighted by Crippen LogP contribution is -2.30. The van der Waals surface area contributed by atoms with E-state index in [9.17, 15) is 0 Å². The van der Waals surface area contributed by atoms with Gasteiger partial charge in [0, 0.05) is 13.5 Å². The molecule has 1 aliphatic heterocycles. The number of hydrazine groups is 1. The summed E-state index contributed by atoms with van der Waals surface area (Å²) in [5.41, 5.74) is 6.05. The van der Waals surface area contributed by atoms with E-state index >= 15 is 0 Å². The van der Waals surface area contributed by atoms with Gasteiger partial charge in [-0.25, -0.2) is 5.43 Å². The summed E-state index contributed by atoms with van der Waals surface area (Å²) in [5.74, 6) is 6.63. The third-order valence-corrected chi connectivity index (χ3v) is 3.26. The summed E-state index contributed by atoms with van der Waals surface area (Å²) >= 11 is 0. The minimum atomic E-state index is -0.115. The zero-order valence-electron chi connectivity index (χ0n) is 10.1. The lowest BCUT2D eigenvalue weighted by Gasteiger charge is -2.16. The van der Waals surface area contributed by atoms with Crippen LogP contribution in [-0.2, 0) is 13.5 Å². The maximum Gasteiger partial charge on any atom is 0.122 e.